The van der Waals surface area contributed by atoms with Gasteiger partial charge in [0.25, 0.3) is 5.91 Å². The summed E-state index contributed by atoms with van der Waals surface area (Å²) >= 11 is 0. The van der Waals surface area contributed by atoms with Crippen LogP contribution in [0.4, 0.5) is 13.2 Å². The zero-order valence-electron chi connectivity index (χ0n) is 12.5. The standard InChI is InChI=1S/C17H16F3NO2/c1-12-4-2-7-15(8-12)23-11-16(22)21-10-13-5-3-6-14(9-13)17(18,19)20/h2-9H,10-11H2,1H3,(H,21,22). The van der Waals surface area contributed by atoms with E-state index in [4.69, 9.17) is 4.74 Å². The molecule has 0 atom stereocenters. The Bertz CT molecular complexity index is 684. The van der Waals surface area contributed by atoms with E-state index >= 15 is 0 Å². The fraction of sp³-hybridized carbons (Fsp3) is 0.235. The first-order valence-corrected chi connectivity index (χ1v) is 6.97. The maximum Gasteiger partial charge on any atom is 0.416 e. The van der Waals surface area contributed by atoms with E-state index in [1.165, 1.54) is 12.1 Å². The number of rotatable bonds is 5. The van der Waals surface area contributed by atoms with Crippen LogP contribution < -0.4 is 10.1 Å². The normalized spacial score (nSPS) is 11.1. The molecule has 0 bridgehead atoms. The molecule has 2 aromatic carbocycles. The van der Waals surface area contributed by atoms with Gasteiger partial charge in [0, 0.05) is 6.54 Å². The van der Waals surface area contributed by atoms with Crippen LogP contribution in [-0.2, 0) is 17.5 Å². The van der Waals surface area contributed by atoms with Crippen molar-refractivity contribution in [2.45, 2.75) is 19.6 Å². The molecule has 2 rings (SSSR count). The molecule has 0 aliphatic carbocycles. The molecule has 0 unspecified atom stereocenters. The van der Waals surface area contributed by atoms with Crippen LogP contribution in [0.15, 0.2) is 48.5 Å². The number of halogens is 3. The molecule has 0 aliphatic heterocycles. The molecular weight excluding hydrogens is 307 g/mol. The molecule has 0 heterocycles. The average Bonchev–Trinajstić information content (AvgIpc) is 2.50. The van der Waals surface area contributed by atoms with Gasteiger partial charge in [-0.05, 0) is 42.3 Å². The zero-order chi connectivity index (χ0) is 16.9. The van der Waals surface area contributed by atoms with Crippen LogP contribution in [0.5, 0.6) is 5.75 Å². The van der Waals surface area contributed by atoms with Gasteiger partial charge in [-0.25, -0.2) is 0 Å². The first kappa shape index (κ1) is 16.9. The lowest BCUT2D eigenvalue weighted by Gasteiger charge is -2.10. The third kappa shape index (κ3) is 5.32. The Hall–Kier alpha value is -2.50. The summed E-state index contributed by atoms with van der Waals surface area (Å²) in [6, 6.07) is 12.1. The molecule has 1 amide bonds. The molecule has 3 nitrogen and oxygen atoms in total. The second-order valence-corrected chi connectivity index (χ2v) is 5.08. The Balaban J connectivity index is 1.85. The summed E-state index contributed by atoms with van der Waals surface area (Å²) in [5, 5.41) is 2.53. The molecule has 2 aromatic rings. The molecule has 1 N–H and O–H groups in total. The molecule has 0 radical (unpaired) electrons. The van der Waals surface area contributed by atoms with Gasteiger partial charge in [0.05, 0.1) is 5.56 Å². The Morgan fingerprint density at radius 1 is 1.13 bits per heavy atom. The molecule has 0 aliphatic rings. The highest BCUT2D eigenvalue weighted by Crippen LogP contribution is 2.29. The fourth-order valence-electron chi connectivity index (χ4n) is 1.96. The van der Waals surface area contributed by atoms with Crippen LogP contribution in [0.1, 0.15) is 16.7 Å². The van der Waals surface area contributed by atoms with Crippen LogP contribution in [0, 0.1) is 6.92 Å². The summed E-state index contributed by atoms with van der Waals surface area (Å²) in [7, 11) is 0. The third-order valence-electron chi connectivity index (χ3n) is 3.10. The Morgan fingerprint density at radius 2 is 1.87 bits per heavy atom. The zero-order valence-corrected chi connectivity index (χ0v) is 12.5. The molecule has 122 valence electrons. The van der Waals surface area contributed by atoms with Crippen molar-refractivity contribution < 1.29 is 22.7 Å². The largest absolute Gasteiger partial charge is 0.484 e. The monoisotopic (exact) mass is 323 g/mol. The summed E-state index contributed by atoms with van der Waals surface area (Å²) in [5.74, 6) is 0.170. The molecule has 6 heteroatoms. The van der Waals surface area contributed by atoms with E-state index in [1.807, 2.05) is 19.1 Å². The maximum atomic E-state index is 12.6. The lowest BCUT2D eigenvalue weighted by Crippen LogP contribution is -2.28. The second kappa shape index (κ2) is 7.17. The highest BCUT2D eigenvalue weighted by Gasteiger charge is 2.30. The molecule has 23 heavy (non-hydrogen) atoms. The first-order chi connectivity index (χ1) is 10.8. The predicted octanol–water partition coefficient (Wildman–Crippen LogP) is 3.71. The van der Waals surface area contributed by atoms with Crippen LogP contribution in [-0.4, -0.2) is 12.5 Å². The number of aryl methyl sites for hydroxylation is 1. The quantitative estimate of drug-likeness (QED) is 0.911. The molecular formula is C17H16F3NO2. The summed E-state index contributed by atoms with van der Waals surface area (Å²) in [6.45, 7) is 1.73. The number of ether oxygens (including phenoxy) is 1. The van der Waals surface area contributed by atoms with Crippen LogP contribution in [0.3, 0.4) is 0 Å². The Kier molecular flexibility index (Phi) is 5.26. The smallest absolute Gasteiger partial charge is 0.416 e. The fourth-order valence-corrected chi connectivity index (χ4v) is 1.96. The number of hydrogen-bond donors (Lipinski definition) is 1. The van der Waals surface area contributed by atoms with Gasteiger partial charge >= 0.3 is 6.18 Å². The third-order valence-corrected chi connectivity index (χ3v) is 3.10. The molecule has 0 fully saturated rings. The highest BCUT2D eigenvalue weighted by atomic mass is 19.4. The van der Waals surface area contributed by atoms with E-state index < -0.39 is 17.6 Å². The van der Waals surface area contributed by atoms with Crippen LogP contribution in [0.2, 0.25) is 0 Å². The van der Waals surface area contributed by atoms with Gasteiger partial charge in [0.1, 0.15) is 5.75 Å². The van der Waals surface area contributed by atoms with E-state index in [-0.39, 0.29) is 13.2 Å². The van der Waals surface area contributed by atoms with Gasteiger partial charge in [-0.2, -0.15) is 13.2 Å². The highest BCUT2D eigenvalue weighted by molar-refractivity contribution is 5.77. The number of hydrogen-bond acceptors (Lipinski definition) is 2. The van der Waals surface area contributed by atoms with Crippen molar-refractivity contribution >= 4 is 5.91 Å². The number of amides is 1. The molecule has 0 aromatic heterocycles. The molecule has 0 saturated heterocycles. The Labute approximate surface area is 132 Å². The minimum Gasteiger partial charge on any atom is -0.484 e. The number of carbonyl (C=O) groups excluding carboxylic acids is 1. The molecule has 0 spiro atoms. The van der Waals surface area contributed by atoms with Crippen molar-refractivity contribution in [3.05, 3.63) is 65.2 Å². The number of alkyl halides is 3. The van der Waals surface area contributed by atoms with Gasteiger partial charge in [0.2, 0.25) is 0 Å². The summed E-state index contributed by atoms with van der Waals surface area (Å²) < 4.78 is 43.1. The van der Waals surface area contributed by atoms with E-state index in [2.05, 4.69) is 5.32 Å². The summed E-state index contributed by atoms with van der Waals surface area (Å²) in [6.07, 6.45) is -4.39. The van der Waals surface area contributed by atoms with Gasteiger partial charge in [-0.3, -0.25) is 4.79 Å². The minimum absolute atomic E-state index is 0.0138. The van der Waals surface area contributed by atoms with Gasteiger partial charge in [-0.15, -0.1) is 0 Å². The van der Waals surface area contributed by atoms with Crippen molar-refractivity contribution in [3.63, 3.8) is 0 Å². The SMILES string of the molecule is Cc1cccc(OCC(=O)NCc2cccc(C(F)(F)F)c2)c1. The van der Waals surface area contributed by atoms with E-state index in [1.54, 1.807) is 12.1 Å². The number of nitrogens with one attached hydrogen (secondary N) is 1. The van der Waals surface area contributed by atoms with Crippen molar-refractivity contribution in [1.82, 2.24) is 5.32 Å². The summed E-state index contributed by atoms with van der Waals surface area (Å²) in [5.41, 5.74) is 0.649. The predicted molar refractivity (Wildman–Crippen MR) is 80.0 cm³/mol. The lowest BCUT2D eigenvalue weighted by molar-refractivity contribution is -0.137. The minimum atomic E-state index is -4.39. The van der Waals surface area contributed by atoms with Crippen molar-refractivity contribution in [2.75, 3.05) is 6.61 Å². The van der Waals surface area contributed by atoms with E-state index in [0.29, 0.717) is 11.3 Å². The van der Waals surface area contributed by atoms with Gasteiger partial charge in [0.15, 0.2) is 6.61 Å². The van der Waals surface area contributed by atoms with Gasteiger partial charge in [-0.1, -0.05) is 24.3 Å². The average molecular weight is 323 g/mol. The summed E-state index contributed by atoms with van der Waals surface area (Å²) in [4.78, 5) is 11.7. The van der Waals surface area contributed by atoms with Crippen LogP contribution >= 0.6 is 0 Å². The first-order valence-electron chi connectivity index (χ1n) is 6.97. The van der Waals surface area contributed by atoms with E-state index in [9.17, 15) is 18.0 Å². The number of carbonyl (C=O) groups is 1. The van der Waals surface area contributed by atoms with Crippen molar-refractivity contribution in [1.29, 1.82) is 0 Å². The number of benzene rings is 2. The van der Waals surface area contributed by atoms with Crippen LogP contribution in [0.25, 0.3) is 0 Å². The van der Waals surface area contributed by atoms with E-state index in [0.717, 1.165) is 17.7 Å². The van der Waals surface area contributed by atoms with Crippen molar-refractivity contribution in [2.24, 2.45) is 0 Å². The second-order valence-electron chi connectivity index (χ2n) is 5.08. The maximum absolute atomic E-state index is 12.6. The van der Waals surface area contributed by atoms with Gasteiger partial charge < -0.3 is 10.1 Å². The van der Waals surface area contributed by atoms with Crippen molar-refractivity contribution in [3.8, 4) is 5.75 Å². The lowest BCUT2D eigenvalue weighted by atomic mass is 10.1. The topological polar surface area (TPSA) is 38.3 Å². The molecule has 0 saturated carbocycles. The Morgan fingerprint density at radius 3 is 2.57 bits per heavy atom.